The predicted octanol–water partition coefficient (Wildman–Crippen LogP) is 0.764. The maximum Gasteiger partial charge on any atom is 0.409 e. The van der Waals surface area contributed by atoms with Crippen molar-refractivity contribution in [1.29, 1.82) is 0 Å². The molecule has 32 heavy (non-hydrogen) atoms. The van der Waals surface area contributed by atoms with Gasteiger partial charge in [0.2, 0.25) is 5.91 Å². The van der Waals surface area contributed by atoms with Gasteiger partial charge in [0.15, 0.2) is 5.96 Å². The number of nitrogens with zero attached hydrogens (tertiary/aromatic N) is 6. The molecule has 1 unspecified atom stereocenters. The molecule has 1 fully saturated rings. The zero-order valence-corrected chi connectivity index (χ0v) is 21.7. The third-order valence-corrected chi connectivity index (χ3v) is 5.54. The maximum atomic E-state index is 12.1. The number of aryl methyl sites for hydroxylation is 2. The third kappa shape index (κ3) is 7.20. The molecular weight excluding hydrogens is 527 g/mol. The number of carbonyl (C=O) groups is 2. The van der Waals surface area contributed by atoms with Crippen molar-refractivity contribution in [3.63, 3.8) is 0 Å². The van der Waals surface area contributed by atoms with Gasteiger partial charge in [-0.2, -0.15) is 5.10 Å². The molecule has 2 amide bonds. The molecule has 0 aromatic carbocycles. The van der Waals surface area contributed by atoms with Gasteiger partial charge in [-0.3, -0.25) is 4.79 Å². The fraction of sp³-hybridized carbons (Fsp3) is 0.750. The van der Waals surface area contributed by atoms with Crippen LogP contribution in [0.4, 0.5) is 4.79 Å². The molecule has 12 heteroatoms. The minimum Gasteiger partial charge on any atom is -0.450 e. The third-order valence-electron chi connectivity index (χ3n) is 5.54. The molecule has 3 heterocycles. The minimum absolute atomic E-state index is 0. The number of guanidine groups is 1. The average Bonchev–Trinajstić information content (AvgIpc) is 3.11. The van der Waals surface area contributed by atoms with Crippen LogP contribution in [0.1, 0.15) is 37.8 Å². The molecule has 180 valence electrons. The summed E-state index contributed by atoms with van der Waals surface area (Å²) in [5, 5.41) is 11.4. The molecule has 3 rings (SSSR count). The molecule has 1 saturated heterocycles. The van der Waals surface area contributed by atoms with Gasteiger partial charge in [-0.25, -0.2) is 19.5 Å². The van der Waals surface area contributed by atoms with Crippen molar-refractivity contribution in [2.24, 2.45) is 4.99 Å². The number of piperidine rings is 1. The van der Waals surface area contributed by atoms with Gasteiger partial charge in [0, 0.05) is 45.7 Å². The Bertz CT molecular complexity index is 805. The van der Waals surface area contributed by atoms with Gasteiger partial charge in [0.1, 0.15) is 18.2 Å². The molecule has 2 aliphatic heterocycles. The Hall–Kier alpha value is -2.12. The van der Waals surface area contributed by atoms with Crippen LogP contribution >= 0.6 is 24.0 Å². The van der Waals surface area contributed by atoms with Crippen LogP contribution in [0, 0.1) is 6.92 Å². The number of aromatic nitrogens is 3. The molecule has 0 spiro atoms. The highest BCUT2D eigenvalue weighted by atomic mass is 127. The number of hydrogen-bond donors (Lipinski definition) is 2. The summed E-state index contributed by atoms with van der Waals surface area (Å²) in [4.78, 5) is 36.2. The second kappa shape index (κ2) is 12.2. The van der Waals surface area contributed by atoms with Gasteiger partial charge in [-0.15, -0.1) is 24.0 Å². The van der Waals surface area contributed by atoms with Crippen LogP contribution in [0.15, 0.2) is 4.99 Å². The summed E-state index contributed by atoms with van der Waals surface area (Å²) in [7, 11) is 3.44. The van der Waals surface area contributed by atoms with Crippen LogP contribution in [0.2, 0.25) is 0 Å². The molecule has 0 saturated carbocycles. The Morgan fingerprint density at radius 2 is 1.88 bits per heavy atom. The van der Waals surface area contributed by atoms with Gasteiger partial charge < -0.3 is 25.2 Å². The Balaban J connectivity index is 0.00000363. The first kappa shape index (κ1) is 26.1. The number of likely N-dealkylation sites (N-methyl/N-ethyl adjacent to an activating group) is 1. The predicted molar refractivity (Wildman–Crippen MR) is 131 cm³/mol. The van der Waals surface area contributed by atoms with Gasteiger partial charge in [0.05, 0.1) is 13.2 Å². The van der Waals surface area contributed by atoms with Crippen molar-refractivity contribution in [3.05, 3.63) is 11.6 Å². The van der Waals surface area contributed by atoms with E-state index in [1.165, 1.54) is 4.90 Å². The van der Waals surface area contributed by atoms with Gasteiger partial charge in [0.25, 0.3) is 0 Å². The molecular formula is C20H35IN8O3. The van der Waals surface area contributed by atoms with Crippen LogP contribution in [-0.2, 0) is 22.5 Å². The summed E-state index contributed by atoms with van der Waals surface area (Å²) in [5.74, 6) is 2.36. The van der Waals surface area contributed by atoms with E-state index in [1.807, 2.05) is 18.5 Å². The first-order valence-electron chi connectivity index (χ1n) is 11.0. The zero-order valence-electron chi connectivity index (χ0n) is 19.3. The highest BCUT2D eigenvalue weighted by Gasteiger charge is 2.26. The van der Waals surface area contributed by atoms with E-state index in [1.54, 1.807) is 19.0 Å². The van der Waals surface area contributed by atoms with Gasteiger partial charge in [-0.05, 0) is 33.1 Å². The number of nitrogens with one attached hydrogen (secondary N) is 2. The summed E-state index contributed by atoms with van der Waals surface area (Å²) < 4.78 is 7.03. The van der Waals surface area contributed by atoms with E-state index in [4.69, 9.17) is 4.74 Å². The Morgan fingerprint density at radius 1 is 1.19 bits per heavy atom. The molecule has 0 aliphatic carbocycles. The summed E-state index contributed by atoms with van der Waals surface area (Å²) >= 11 is 0. The van der Waals surface area contributed by atoms with Crippen molar-refractivity contribution in [2.75, 3.05) is 40.3 Å². The van der Waals surface area contributed by atoms with E-state index in [2.05, 4.69) is 25.7 Å². The molecule has 1 aromatic rings. The SMILES string of the molecule is CCOC(=O)N1CCC(NC(=NCC(=O)N(C)C)NC2CCc3nc(C)nn3C2)CC1.I. The van der Waals surface area contributed by atoms with Crippen molar-refractivity contribution in [3.8, 4) is 0 Å². The second-order valence-corrected chi connectivity index (χ2v) is 8.19. The topological polar surface area (TPSA) is 117 Å². The monoisotopic (exact) mass is 562 g/mol. The van der Waals surface area contributed by atoms with Crippen LogP contribution < -0.4 is 10.6 Å². The molecule has 11 nitrogen and oxygen atoms in total. The highest BCUT2D eigenvalue weighted by Crippen LogP contribution is 2.14. The Kier molecular flexibility index (Phi) is 9.97. The molecule has 1 aromatic heterocycles. The number of halogens is 1. The van der Waals surface area contributed by atoms with Crippen molar-refractivity contribution < 1.29 is 14.3 Å². The second-order valence-electron chi connectivity index (χ2n) is 8.19. The van der Waals surface area contributed by atoms with Gasteiger partial charge >= 0.3 is 6.09 Å². The summed E-state index contributed by atoms with van der Waals surface area (Å²) in [6.07, 6.45) is 3.09. The number of fused-ring (bicyclic) bond motifs is 1. The quantitative estimate of drug-likeness (QED) is 0.309. The normalized spacial score (nSPS) is 18.9. The van der Waals surface area contributed by atoms with Crippen LogP contribution in [0.25, 0.3) is 0 Å². The number of likely N-dealkylation sites (tertiary alicyclic amines) is 1. The number of rotatable bonds is 5. The Morgan fingerprint density at radius 3 is 2.53 bits per heavy atom. The molecule has 0 bridgehead atoms. The fourth-order valence-electron chi connectivity index (χ4n) is 3.78. The van der Waals surface area contributed by atoms with Crippen molar-refractivity contribution in [1.82, 2.24) is 35.2 Å². The Labute approximate surface area is 206 Å². The largest absolute Gasteiger partial charge is 0.450 e. The summed E-state index contributed by atoms with van der Waals surface area (Å²) in [5.41, 5.74) is 0. The van der Waals surface area contributed by atoms with E-state index in [-0.39, 0.29) is 54.6 Å². The lowest BCUT2D eigenvalue weighted by atomic mass is 10.1. The van der Waals surface area contributed by atoms with Crippen LogP contribution in [-0.4, -0.2) is 94.9 Å². The molecule has 2 N–H and O–H groups in total. The van der Waals surface area contributed by atoms with Crippen LogP contribution in [0.5, 0.6) is 0 Å². The number of aliphatic imine (C=N–C) groups is 1. The number of carbonyl (C=O) groups excluding carboxylic acids is 2. The molecule has 0 radical (unpaired) electrons. The van der Waals surface area contributed by atoms with E-state index in [9.17, 15) is 9.59 Å². The van der Waals surface area contributed by atoms with Crippen molar-refractivity contribution in [2.45, 2.75) is 58.2 Å². The first-order chi connectivity index (χ1) is 14.9. The first-order valence-corrected chi connectivity index (χ1v) is 11.0. The van der Waals surface area contributed by atoms with E-state index in [0.29, 0.717) is 32.2 Å². The average molecular weight is 562 g/mol. The smallest absolute Gasteiger partial charge is 0.409 e. The zero-order chi connectivity index (χ0) is 22.4. The highest BCUT2D eigenvalue weighted by molar-refractivity contribution is 14.0. The van der Waals surface area contributed by atoms with E-state index in [0.717, 1.165) is 37.3 Å². The number of amides is 2. The van der Waals surface area contributed by atoms with E-state index < -0.39 is 0 Å². The van der Waals surface area contributed by atoms with E-state index >= 15 is 0 Å². The summed E-state index contributed by atoms with van der Waals surface area (Å²) in [6, 6.07) is 0.313. The van der Waals surface area contributed by atoms with Crippen LogP contribution in [0.3, 0.4) is 0 Å². The number of hydrogen-bond acceptors (Lipinski definition) is 6. The lowest BCUT2D eigenvalue weighted by molar-refractivity contribution is -0.127. The van der Waals surface area contributed by atoms with Crippen molar-refractivity contribution >= 4 is 41.9 Å². The lowest BCUT2D eigenvalue weighted by Crippen LogP contribution is -2.53. The van der Waals surface area contributed by atoms with Gasteiger partial charge in [-0.1, -0.05) is 0 Å². The standard InChI is InChI=1S/C20H34N8O3.HI/c1-5-31-20(30)27-10-8-15(9-11-27)23-19(21-12-18(29)26(3)4)24-16-6-7-17-22-14(2)25-28(17)13-16;/h15-16H,5-13H2,1-4H3,(H2,21,23,24);1H. The summed E-state index contributed by atoms with van der Waals surface area (Å²) in [6.45, 7) is 6.13. The lowest BCUT2D eigenvalue weighted by Gasteiger charge is -2.33. The minimum atomic E-state index is -0.259. The maximum absolute atomic E-state index is 12.1. The fourth-order valence-corrected chi connectivity index (χ4v) is 3.78. The number of ether oxygens (including phenoxy) is 1. The molecule has 2 aliphatic rings. The molecule has 1 atom stereocenters.